The van der Waals surface area contributed by atoms with Gasteiger partial charge >= 0.3 is 0 Å². The van der Waals surface area contributed by atoms with Crippen LogP contribution < -0.4 is 5.32 Å². The minimum absolute atomic E-state index is 0.108. The molecule has 5 heteroatoms. The number of rotatable bonds is 5. The lowest BCUT2D eigenvalue weighted by atomic mass is 10.1. The van der Waals surface area contributed by atoms with E-state index in [2.05, 4.69) is 5.32 Å². The molecule has 1 fully saturated rings. The summed E-state index contributed by atoms with van der Waals surface area (Å²) in [6.07, 6.45) is 1.95. The second-order valence-corrected chi connectivity index (χ2v) is 7.13. The molecule has 0 saturated carbocycles. The highest BCUT2D eigenvalue weighted by atomic mass is 32.2. The van der Waals surface area contributed by atoms with Gasteiger partial charge in [0.15, 0.2) is 0 Å². The highest BCUT2D eigenvalue weighted by molar-refractivity contribution is 7.88. The van der Waals surface area contributed by atoms with Crippen molar-refractivity contribution < 1.29 is 8.42 Å². The molecular weight excluding hydrogens is 260 g/mol. The van der Waals surface area contributed by atoms with E-state index in [1.165, 1.54) is 0 Å². The monoisotopic (exact) mass is 282 g/mol. The molecular formula is C14H22N2O2S. The average molecular weight is 282 g/mol. The Kier molecular flexibility index (Phi) is 4.60. The summed E-state index contributed by atoms with van der Waals surface area (Å²) in [5.74, 6) is 0.108. The van der Waals surface area contributed by atoms with E-state index in [4.69, 9.17) is 0 Å². The van der Waals surface area contributed by atoms with Gasteiger partial charge in [-0.05, 0) is 37.9 Å². The highest BCUT2D eigenvalue weighted by Gasteiger charge is 2.31. The molecule has 0 spiro atoms. The van der Waals surface area contributed by atoms with Crippen LogP contribution in [0, 0.1) is 0 Å². The van der Waals surface area contributed by atoms with Crippen LogP contribution in [0.15, 0.2) is 24.3 Å². The Hall–Kier alpha value is -0.910. The summed E-state index contributed by atoms with van der Waals surface area (Å²) in [6, 6.07) is 7.92. The molecule has 1 heterocycles. The van der Waals surface area contributed by atoms with Crippen LogP contribution in [0.1, 0.15) is 30.9 Å². The van der Waals surface area contributed by atoms with Gasteiger partial charge in [0, 0.05) is 19.1 Å². The van der Waals surface area contributed by atoms with Gasteiger partial charge in [0.25, 0.3) is 0 Å². The van der Waals surface area contributed by atoms with Crippen molar-refractivity contribution in [3.63, 3.8) is 0 Å². The maximum atomic E-state index is 12.3. The van der Waals surface area contributed by atoms with E-state index in [-0.39, 0.29) is 11.8 Å². The predicted molar refractivity (Wildman–Crippen MR) is 77.2 cm³/mol. The van der Waals surface area contributed by atoms with Gasteiger partial charge in [-0.3, -0.25) is 0 Å². The lowest BCUT2D eigenvalue weighted by Gasteiger charge is -2.20. The van der Waals surface area contributed by atoms with Crippen LogP contribution in [-0.4, -0.2) is 32.4 Å². The molecule has 1 aromatic carbocycles. The van der Waals surface area contributed by atoms with Gasteiger partial charge in [-0.15, -0.1) is 0 Å². The molecule has 0 aromatic heterocycles. The van der Waals surface area contributed by atoms with E-state index >= 15 is 0 Å². The van der Waals surface area contributed by atoms with Gasteiger partial charge in [-0.1, -0.05) is 24.3 Å². The van der Waals surface area contributed by atoms with Gasteiger partial charge in [0.1, 0.15) is 0 Å². The topological polar surface area (TPSA) is 49.4 Å². The molecule has 0 bridgehead atoms. The third-order valence-electron chi connectivity index (χ3n) is 3.60. The maximum Gasteiger partial charge on any atom is 0.218 e. The number of hydrogen-bond donors (Lipinski definition) is 1. The zero-order valence-electron chi connectivity index (χ0n) is 11.6. The van der Waals surface area contributed by atoms with Crippen LogP contribution in [0.25, 0.3) is 0 Å². The summed E-state index contributed by atoms with van der Waals surface area (Å²) >= 11 is 0. The molecule has 1 aromatic rings. The van der Waals surface area contributed by atoms with Crippen molar-refractivity contribution in [3.05, 3.63) is 35.4 Å². The molecule has 1 aliphatic heterocycles. The first-order valence-corrected chi connectivity index (χ1v) is 8.36. The van der Waals surface area contributed by atoms with Gasteiger partial charge in [0.05, 0.1) is 5.75 Å². The van der Waals surface area contributed by atoms with E-state index in [9.17, 15) is 8.42 Å². The lowest BCUT2D eigenvalue weighted by molar-refractivity contribution is 0.407. The van der Waals surface area contributed by atoms with Crippen molar-refractivity contribution >= 4 is 10.0 Å². The van der Waals surface area contributed by atoms with Crippen molar-refractivity contribution in [1.82, 2.24) is 9.62 Å². The third-order valence-corrected chi connectivity index (χ3v) is 5.56. The average Bonchev–Trinajstić information content (AvgIpc) is 2.79. The standard InChI is InChI=1S/C14H22N2O2S/c1-12-4-3-9-16(12)19(17,18)11-14-7-5-13(6-8-14)10-15-2/h5-8,12,15H,3-4,9-11H2,1-2H3. The van der Waals surface area contributed by atoms with Crippen molar-refractivity contribution in [2.75, 3.05) is 13.6 Å². The second kappa shape index (κ2) is 6.03. The molecule has 0 aliphatic carbocycles. The van der Waals surface area contributed by atoms with E-state index < -0.39 is 10.0 Å². The maximum absolute atomic E-state index is 12.3. The molecule has 1 atom stereocenters. The second-order valence-electron chi connectivity index (χ2n) is 5.21. The van der Waals surface area contributed by atoms with E-state index in [0.29, 0.717) is 6.54 Å². The third kappa shape index (κ3) is 3.55. The Labute approximate surface area is 115 Å². The largest absolute Gasteiger partial charge is 0.316 e. The molecule has 106 valence electrons. The molecule has 1 unspecified atom stereocenters. The Balaban J connectivity index is 2.07. The van der Waals surface area contributed by atoms with Gasteiger partial charge in [-0.2, -0.15) is 4.31 Å². The number of hydrogen-bond acceptors (Lipinski definition) is 3. The zero-order valence-corrected chi connectivity index (χ0v) is 12.4. The minimum atomic E-state index is -3.17. The van der Waals surface area contributed by atoms with Gasteiger partial charge < -0.3 is 5.32 Å². The molecule has 2 rings (SSSR count). The first-order valence-electron chi connectivity index (χ1n) is 6.75. The molecule has 1 saturated heterocycles. The predicted octanol–water partition coefficient (Wildman–Crippen LogP) is 1.72. The summed E-state index contributed by atoms with van der Waals surface area (Å²) in [5, 5.41) is 3.08. The molecule has 0 radical (unpaired) electrons. The van der Waals surface area contributed by atoms with E-state index in [0.717, 1.165) is 30.5 Å². The van der Waals surface area contributed by atoms with Crippen LogP contribution in [-0.2, 0) is 22.3 Å². The summed E-state index contributed by atoms with van der Waals surface area (Å²) in [6.45, 7) is 3.46. The smallest absolute Gasteiger partial charge is 0.218 e. The van der Waals surface area contributed by atoms with Crippen LogP contribution in [0.4, 0.5) is 0 Å². The normalized spacial score (nSPS) is 20.8. The zero-order chi connectivity index (χ0) is 13.9. The van der Waals surface area contributed by atoms with Crippen LogP contribution in [0.3, 0.4) is 0 Å². The van der Waals surface area contributed by atoms with Crippen LogP contribution >= 0.6 is 0 Å². The van der Waals surface area contributed by atoms with Crippen molar-refractivity contribution in [3.8, 4) is 0 Å². The fraction of sp³-hybridized carbons (Fsp3) is 0.571. The Bertz CT molecular complexity index is 511. The van der Waals surface area contributed by atoms with E-state index in [1.807, 2.05) is 38.2 Å². The number of sulfonamides is 1. The van der Waals surface area contributed by atoms with Crippen molar-refractivity contribution in [2.45, 2.75) is 38.1 Å². The van der Waals surface area contributed by atoms with Gasteiger partial charge in [0.2, 0.25) is 10.0 Å². The van der Waals surface area contributed by atoms with Crippen molar-refractivity contribution in [2.24, 2.45) is 0 Å². The SMILES string of the molecule is CNCc1ccc(CS(=O)(=O)N2CCCC2C)cc1. The van der Waals surface area contributed by atoms with Gasteiger partial charge in [-0.25, -0.2) is 8.42 Å². The first kappa shape index (κ1) is 14.5. The quantitative estimate of drug-likeness (QED) is 0.894. The summed E-state index contributed by atoms with van der Waals surface area (Å²) in [5.41, 5.74) is 2.03. The number of nitrogens with one attached hydrogen (secondary N) is 1. The first-order chi connectivity index (χ1) is 9.03. The number of nitrogens with zero attached hydrogens (tertiary/aromatic N) is 1. The van der Waals surface area contributed by atoms with Crippen LogP contribution in [0.2, 0.25) is 0 Å². The molecule has 0 amide bonds. The Morgan fingerprint density at radius 1 is 1.26 bits per heavy atom. The van der Waals surface area contributed by atoms with E-state index in [1.54, 1.807) is 4.31 Å². The lowest BCUT2D eigenvalue weighted by Crippen LogP contribution is -2.34. The Morgan fingerprint density at radius 2 is 1.89 bits per heavy atom. The molecule has 1 N–H and O–H groups in total. The molecule has 1 aliphatic rings. The number of benzene rings is 1. The minimum Gasteiger partial charge on any atom is -0.316 e. The summed E-state index contributed by atoms with van der Waals surface area (Å²) < 4.78 is 26.3. The highest BCUT2D eigenvalue weighted by Crippen LogP contribution is 2.23. The molecule has 19 heavy (non-hydrogen) atoms. The van der Waals surface area contributed by atoms with Crippen molar-refractivity contribution in [1.29, 1.82) is 0 Å². The Morgan fingerprint density at radius 3 is 2.42 bits per heavy atom. The summed E-state index contributed by atoms with van der Waals surface area (Å²) in [7, 11) is -1.27. The summed E-state index contributed by atoms with van der Waals surface area (Å²) in [4.78, 5) is 0. The van der Waals surface area contributed by atoms with Crippen LogP contribution in [0.5, 0.6) is 0 Å². The fourth-order valence-corrected chi connectivity index (χ4v) is 4.41. The molecule has 4 nitrogen and oxygen atoms in total. The fourth-order valence-electron chi connectivity index (χ4n) is 2.57.